The number of nitrogens with zero attached hydrogens (tertiary/aromatic N) is 3. The van der Waals surface area contributed by atoms with Gasteiger partial charge in [0.05, 0.1) is 43.2 Å². The molecular weight excluding hydrogens is 395 g/mol. The van der Waals surface area contributed by atoms with E-state index in [1.54, 1.807) is 17.0 Å². The zero-order chi connectivity index (χ0) is 21.4. The molecule has 10 heteroatoms. The third-order valence-corrected chi connectivity index (χ3v) is 5.74. The predicted octanol–water partition coefficient (Wildman–Crippen LogP) is 0.723. The third kappa shape index (κ3) is 3.91. The van der Waals surface area contributed by atoms with E-state index < -0.39 is 18.0 Å². The van der Waals surface area contributed by atoms with E-state index in [1.807, 2.05) is 4.90 Å². The molecule has 3 amide bonds. The van der Waals surface area contributed by atoms with Crippen molar-refractivity contribution in [3.8, 4) is 0 Å². The Hall–Kier alpha value is -2.88. The number of carbonyl (C=O) groups excluding carboxylic acids is 3. The summed E-state index contributed by atoms with van der Waals surface area (Å²) in [5.41, 5.74) is 0.799. The number of ether oxygens (including phenoxy) is 2. The van der Waals surface area contributed by atoms with E-state index in [0.29, 0.717) is 37.6 Å². The quantitative estimate of drug-likeness (QED) is 0.772. The molecule has 3 saturated heterocycles. The minimum Gasteiger partial charge on any atom is -0.442 e. The molecule has 0 saturated carbocycles. The van der Waals surface area contributed by atoms with E-state index in [1.165, 1.54) is 24.8 Å². The van der Waals surface area contributed by atoms with Crippen molar-refractivity contribution in [2.24, 2.45) is 0 Å². The summed E-state index contributed by atoms with van der Waals surface area (Å²) in [6.45, 7) is 5.37. The van der Waals surface area contributed by atoms with Crippen molar-refractivity contribution in [1.29, 1.82) is 0 Å². The van der Waals surface area contributed by atoms with Gasteiger partial charge in [-0.3, -0.25) is 14.5 Å². The van der Waals surface area contributed by atoms with Gasteiger partial charge in [0, 0.05) is 33.5 Å². The van der Waals surface area contributed by atoms with Crippen molar-refractivity contribution < 1.29 is 28.2 Å². The van der Waals surface area contributed by atoms with E-state index >= 15 is 0 Å². The molecule has 0 spiro atoms. The summed E-state index contributed by atoms with van der Waals surface area (Å²) in [4.78, 5) is 40.1. The lowest BCUT2D eigenvalue weighted by Crippen LogP contribution is -2.52. The molecule has 0 radical (unpaired) electrons. The highest BCUT2D eigenvalue weighted by Gasteiger charge is 2.42. The normalized spacial score (nSPS) is 25.9. The first-order valence-electron chi connectivity index (χ1n) is 9.99. The van der Waals surface area contributed by atoms with Crippen LogP contribution in [-0.2, 0) is 19.1 Å². The molecule has 1 aromatic carbocycles. The largest absolute Gasteiger partial charge is 0.442 e. The van der Waals surface area contributed by atoms with Crippen molar-refractivity contribution in [3.05, 3.63) is 24.0 Å². The topological polar surface area (TPSA) is 91.4 Å². The smallest absolute Gasteiger partial charge is 0.414 e. The summed E-state index contributed by atoms with van der Waals surface area (Å²) in [6, 6.07) is 4.52. The molecule has 0 bridgehead atoms. The van der Waals surface area contributed by atoms with E-state index in [4.69, 9.17) is 9.47 Å². The summed E-state index contributed by atoms with van der Waals surface area (Å²) in [7, 11) is 0. The van der Waals surface area contributed by atoms with Gasteiger partial charge in [-0.25, -0.2) is 9.18 Å². The Bertz CT molecular complexity index is 866. The van der Waals surface area contributed by atoms with Crippen molar-refractivity contribution in [2.45, 2.75) is 32.1 Å². The maximum atomic E-state index is 15.0. The second kappa shape index (κ2) is 8.10. The van der Waals surface area contributed by atoms with E-state index in [-0.39, 0.29) is 37.0 Å². The molecule has 1 N–H and O–H groups in total. The van der Waals surface area contributed by atoms with Gasteiger partial charge in [-0.2, -0.15) is 0 Å². The molecule has 3 fully saturated rings. The fraction of sp³-hybridized carbons (Fsp3) is 0.550. The number of fused-ring (bicyclic) bond motifs is 1. The number of hydrogen-bond acceptors (Lipinski definition) is 6. The van der Waals surface area contributed by atoms with Crippen LogP contribution in [0.5, 0.6) is 0 Å². The van der Waals surface area contributed by atoms with Crippen LogP contribution in [0.15, 0.2) is 18.2 Å². The van der Waals surface area contributed by atoms with Gasteiger partial charge in [-0.1, -0.05) is 0 Å². The highest BCUT2D eigenvalue weighted by molar-refractivity contribution is 5.90. The number of halogens is 1. The maximum Gasteiger partial charge on any atom is 0.414 e. The number of rotatable bonds is 4. The highest BCUT2D eigenvalue weighted by atomic mass is 19.1. The van der Waals surface area contributed by atoms with E-state index in [9.17, 15) is 18.8 Å². The van der Waals surface area contributed by atoms with Gasteiger partial charge in [-0.05, 0) is 18.2 Å². The Morgan fingerprint density at radius 3 is 2.73 bits per heavy atom. The average Bonchev–Trinajstić information content (AvgIpc) is 3.29. The van der Waals surface area contributed by atoms with Crippen LogP contribution in [-0.4, -0.2) is 80.4 Å². The van der Waals surface area contributed by atoms with Gasteiger partial charge in [0.2, 0.25) is 11.8 Å². The van der Waals surface area contributed by atoms with Crippen molar-refractivity contribution in [1.82, 2.24) is 10.2 Å². The third-order valence-electron chi connectivity index (χ3n) is 5.74. The van der Waals surface area contributed by atoms with Crippen LogP contribution in [0.25, 0.3) is 0 Å². The zero-order valence-electron chi connectivity index (χ0n) is 17.0. The minimum absolute atomic E-state index is 0.00710. The number of hydrogen-bond donors (Lipinski definition) is 1. The van der Waals surface area contributed by atoms with Crippen molar-refractivity contribution >= 4 is 29.3 Å². The minimum atomic E-state index is -0.574. The fourth-order valence-corrected chi connectivity index (χ4v) is 4.29. The van der Waals surface area contributed by atoms with Crippen LogP contribution in [0, 0.1) is 5.82 Å². The molecule has 3 heterocycles. The zero-order valence-corrected chi connectivity index (χ0v) is 17.0. The summed E-state index contributed by atoms with van der Waals surface area (Å²) < 4.78 is 26.0. The maximum absolute atomic E-state index is 15.0. The number of amides is 3. The molecule has 3 aliphatic heterocycles. The molecule has 0 aliphatic carbocycles. The highest BCUT2D eigenvalue weighted by Crippen LogP contribution is 2.32. The summed E-state index contributed by atoms with van der Waals surface area (Å²) in [5.74, 6) is -0.677. The second-order valence-corrected chi connectivity index (χ2v) is 7.78. The first kappa shape index (κ1) is 20.4. The number of morpholine rings is 1. The number of anilines is 2. The first-order valence-corrected chi connectivity index (χ1v) is 9.99. The van der Waals surface area contributed by atoms with Gasteiger partial charge in [-0.15, -0.1) is 0 Å². The lowest BCUT2D eigenvalue weighted by Gasteiger charge is -2.36. The molecule has 9 nitrogen and oxygen atoms in total. The van der Waals surface area contributed by atoms with Gasteiger partial charge in [0.25, 0.3) is 0 Å². The molecule has 1 aromatic rings. The first-order chi connectivity index (χ1) is 14.3. The van der Waals surface area contributed by atoms with E-state index in [0.717, 1.165) is 0 Å². The monoisotopic (exact) mass is 420 g/mol. The van der Waals surface area contributed by atoms with Crippen LogP contribution in [0.4, 0.5) is 20.6 Å². The van der Waals surface area contributed by atoms with Crippen LogP contribution in [0.3, 0.4) is 0 Å². The SMILES string of the molecule is CC(=O)NCC1CN(c2ccc(N3CC4OCCN(C(C)=O)C4C3)c(F)c2)C(=O)O1. The molecule has 3 unspecified atom stereocenters. The summed E-state index contributed by atoms with van der Waals surface area (Å²) in [6.07, 6.45) is -1.21. The Morgan fingerprint density at radius 2 is 2.03 bits per heavy atom. The average molecular weight is 420 g/mol. The number of benzene rings is 1. The molecule has 162 valence electrons. The lowest BCUT2D eigenvalue weighted by atomic mass is 10.1. The standard InChI is InChI=1S/C20H25FN4O5/c1-12(26)22-8-15-9-25(20(28)30-15)14-3-4-17(16(21)7-14)23-10-18-19(11-23)29-6-5-24(18)13(2)27/h3-4,7,15,18-19H,5-6,8-11H2,1-2H3,(H,22,26). The second-order valence-electron chi connectivity index (χ2n) is 7.78. The molecule has 3 aliphatic rings. The Balaban J connectivity index is 1.46. The van der Waals surface area contributed by atoms with Crippen LogP contribution < -0.4 is 15.1 Å². The Labute approximate surface area is 173 Å². The lowest BCUT2D eigenvalue weighted by molar-refractivity contribution is -0.140. The van der Waals surface area contributed by atoms with Gasteiger partial charge in [0.1, 0.15) is 11.9 Å². The fourth-order valence-electron chi connectivity index (χ4n) is 4.29. The van der Waals surface area contributed by atoms with Crippen molar-refractivity contribution in [2.75, 3.05) is 49.1 Å². The molecule has 30 heavy (non-hydrogen) atoms. The van der Waals surface area contributed by atoms with E-state index in [2.05, 4.69) is 5.32 Å². The predicted molar refractivity (Wildman–Crippen MR) is 106 cm³/mol. The Morgan fingerprint density at radius 1 is 1.23 bits per heavy atom. The molecular formula is C20H25FN4O5. The number of carbonyl (C=O) groups is 3. The summed E-state index contributed by atoms with van der Waals surface area (Å²) >= 11 is 0. The molecule has 3 atom stereocenters. The molecule has 0 aromatic heterocycles. The summed E-state index contributed by atoms with van der Waals surface area (Å²) in [5, 5.41) is 2.61. The number of cyclic esters (lactones) is 1. The van der Waals surface area contributed by atoms with Gasteiger partial charge in [0.15, 0.2) is 0 Å². The molecule has 4 rings (SSSR count). The van der Waals surface area contributed by atoms with Gasteiger partial charge < -0.3 is 24.6 Å². The Kier molecular flexibility index (Phi) is 5.50. The van der Waals surface area contributed by atoms with Gasteiger partial charge >= 0.3 is 6.09 Å². The van der Waals surface area contributed by atoms with Crippen molar-refractivity contribution in [3.63, 3.8) is 0 Å². The van der Waals surface area contributed by atoms with Crippen LogP contribution in [0.1, 0.15) is 13.8 Å². The number of nitrogens with one attached hydrogen (secondary N) is 1. The van der Waals surface area contributed by atoms with Crippen LogP contribution >= 0.6 is 0 Å². The van der Waals surface area contributed by atoms with Crippen LogP contribution in [0.2, 0.25) is 0 Å².